The average Bonchev–Trinajstić information content (AvgIpc) is 2.77. The monoisotopic (exact) mass is 392 g/mol. The van der Waals surface area contributed by atoms with Gasteiger partial charge in [-0.05, 0) is 44.9 Å². The van der Waals surface area contributed by atoms with E-state index >= 15 is 0 Å². The summed E-state index contributed by atoms with van der Waals surface area (Å²) < 4.78 is 8.71. The van der Waals surface area contributed by atoms with Gasteiger partial charge in [-0.1, -0.05) is 34.8 Å². The molecule has 0 aromatic rings. The van der Waals surface area contributed by atoms with Crippen LogP contribution in [0.15, 0.2) is 0 Å². The van der Waals surface area contributed by atoms with Crippen LogP contribution < -0.4 is 0 Å². The lowest BCUT2D eigenvalue weighted by molar-refractivity contribution is -0.172. The summed E-state index contributed by atoms with van der Waals surface area (Å²) >= 11 is 23.6. The van der Waals surface area contributed by atoms with Gasteiger partial charge in [-0.2, -0.15) is 0 Å². The van der Waals surface area contributed by atoms with Gasteiger partial charge < -0.3 is 9.47 Å². The molecule has 0 saturated heterocycles. The largest absolute Gasteiger partial charge is 0.465 e. The highest BCUT2D eigenvalue weighted by Crippen LogP contribution is 2.52. The zero-order valence-electron chi connectivity index (χ0n) is 12.5. The van der Waals surface area contributed by atoms with Gasteiger partial charge in [0.2, 0.25) is 0 Å². The molecular formula is C14H20Cl4O4. The number of alkyl halides is 4. The molecule has 1 rings (SSSR count). The molecule has 2 atom stereocenters. The Morgan fingerprint density at radius 2 is 1.50 bits per heavy atom. The molecule has 1 fully saturated rings. The normalized spacial score (nSPS) is 24.1. The van der Waals surface area contributed by atoms with Gasteiger partial charge in [0.1, 0.15) is 0 Å². The Balaban J connectivity index is 3.07. The molecule has 0 aliphatic heterocycles. The summed E-state index contributed by atoms with van der Waals surface area (Å²) in [5, 5.41) is 0. The second-order valence-corrected chi connectivity index (χ2v) is 8.25. The maximum absolute atomic E-state index is 12.4. The Morgan fingerprint density at radius 3 is 1.86 bits per heavy atom. The van der Waals surface area contributed by atoms with E-state index in [0.29, 0.717) is 0 Å². The third-order valence-electron chi connectivity index (χ3n) is 3.91. The molecular weight excluding hydrogens is 374 g/mol. The van der Waals surface area contributed by atoms with Crippen LogP contribution in [0.5, 0.6) is 0 Å². The van der Waals surface area contributed by atoms with Gasteiger partial charge in [-0.15, -0.1) is 11.6 Å². The number of hydrogen-bond acceptors (Lipinski definition) is 4. The molecule has 0 spiro atoms. The zero-order chi connectivity index (χ0) is 17.0. The predicted octanol–water partition coefficient (Wildman–Crippen LogP) is 4.12. The molecule has 0 unspecified atom stereocenters. The molecule has 0 aromatic carbocycles. The van der Waals surface area contributed by atoms with E-state index in [1.54, 1.807) is 13.8 Å². The second-order valence-electron chi connectivity index (χ2n) is 5.43. The van der Waals surface area contributed by atoms with Gasteiger partial charge in [0.15, 0.2) is 9.21 Å². The minimum absolute atomic E-state index is 0.119. The average molecular weight is 394 g/mol. The van der Waals surface area contributed by atoms with Crippen LogP contribution in [0.3, 0.4) is 0 Å². The Kier molecular flexibility index (Phi) is 7.58. The minimum Gasteiger partial charge on any atom is -0.465 e. The SMILES string of the molecule is CCOC(=O)C1(C(=O)OCC)C[C@H](CCl)[C@@H](CC(Cl)(Cl)Cl)C1. The smallest absolute Gasteiger partial charge is 0.323 e. The summed E-state index contributed by atoms with van der Waals surface area (Å²) in [4.78, 5) is 24.8. The number of carbonyl (C=O) groups is 2. The molecule has 0 radical (unpaired) electrons. The molecule has 1 aliphatic carbocycles. The van der Waals surface area contributed by atoms with Crippen LogP contribution in [-0.2, 0) is 19.1 Å². The van der Waals surface area contributed by atoms with Crippen molar-refractivity contribution in [1.29, 1.82) is 0 Å². The van der Waals surface area contributed by atoms with Gasteiger partial charge in [-0.3, -0.25) is 9.59 Å². The van der Waals surface area contributed by atoms with Gasteiger partial charge in [-0.25, -0.2) is 0 Å². The van der Waals surface area contributed by atoms with Crippen molar-refractivity contribution in [2.75, 3.05) is 19.1 Å². The molecule has 0 N–H and O–H groups in total. The maximum Gasteiger partial charge on any atom is 0.323 e. The van der Waals surface area contributed by atoms with Crippen LogP contribution in [0.2, 0.25) is 0 Å². The van der Waals surface area contributed by atoms with Crippen molar-refractivity contribution in [3.8, 4) is 0 Å². The van der Waals surface area contributed by atoms with Gasteiger partial charge in [0.05, 0.1) is 13.2 Å². The molecule has 0 bridgehead atoms. The summed E-state index contributed by atoms with van der Waals surface area (Å²) in [6.45, 7) is 3.73. The summed E-state index contributed by atoms with van der Waals surface area (Å²) in [6.07, 6.45) is 0.686. The Bertz CT molecular complexity index is 390. The van der Waals surface area contributed by atoms with Crippen molar-refractivity contribution < 1.29 is 19.1 Å². The quantitative estimate of drug-likeness (QED) is 0.386. The van der Waals surface area contributed by atoms with Gasteiger partial charge >= 0.3 is 11.9 Å². The first-order chi connectivity index (χ1) is 10.2. The third kappa shape index (κ3) is 4.80. The topological polar surface area (TPSA) is 52.6 Å². The number of hydrogen-bond donors (Lipinski definition) is 0. The summed E-state index contributed by atoms with van der Waals surface area (Å²) in [5.74, 6) is -1.19. The van der Waals surface area contributed by atoms with Crippen molar-refractivity contribution in [3.63, 3.8) is 0 Å². The molecule has 128 valence electrons. The second kappa shape index (κ2) is 8.27. The van der Waals surface area contributed by atoms with E-state index in [2.05, 4.69) is 0 Å². The Hall–Kier alpha value is 0.1000. The first-order valence-corrected chi connectivity index (χ1v) is 8.84. The molecule has 1 saturated carbocycles. The van der Waals surface area contributed by atoms with Crippen LogP contribution in [0.25, 0.3) is 0 Å². The highest BCUT2D eigenvalue weighted by Gasteiger charge is 2.58. The lowest BCUT2D eigenvalue weighted by atomic mass is 9.84. The van der Waals surface area contributed by atoms with E-state index in [0.717, 1.165) is 0 Å². The fraction of sp³-hybridized carbons (Fsp3) is 0.857. The number of halogens is 4. The summed E-state index contributed by atoms with van der Waals surface area (Å²) in [7, 11) is 0. The predicted molar refractivity (Wildman–Crippen MR) is 87.5 cm³/mol. The van der Waals surface area contributed by atoms with Gasteiger partial charge in [0, 0.05) is 5.88 Å². The maximum atomic E-state index is 12.4. The Labute approximate surface area is 150 Å². The number of rotatable bonds is 6. The van der Waals surface area contributed by atoms with Crippen molar-refractivity contribution in [2.45, 2.75) is 36.9 Å². The van der Waals surface area contributed by atoms with Crippen LogP contribution in [0, 0.1) is 17.3 Å². The number of esters is 2. The highest BCUT2D eigenvalue weighted by atomic mass is 35.6. The third-order valence-corrected chi connectivity index (χ3v) is 4.77. The lowest BCUT2D eigenvalue weighted by Crippen LogP contribution is -2.40. The van der Waals surface area contributed by atoms with E-state index in [-0.39, 0.29) is 50.2 Å². The molecule has 4 nitrogen and oxygen atoms in total. The van der Waals surface area contributed by atoms with E-state index in [1.165, 1.54) is 0 Å². The first kappa shape index (κ1) is 20.1. The van der Waals surface area contributed by atoms with E-state index in [4.69, 9.17) is 55.9 Å². The summed E-state index contributed by atoms with van der Waals surface area (Å²) in [6, 6.07) is 0. The van der Waals surface area contributed by atoms with Crippen LogP contribution in [0.4, 0.5) is 0 Å². The van der Waals surface area contributed by atoms with E-state index in [1.807, 2.05) is 0 Å². The molecule has 8 heteroatoms. The number of carbonyl (C=O) groups excluding carboxylic acids is 2. The van der Waals surface area contributed by atoms with E-state index in [9.17, 15) is 9.59 Å². The minimum atomic E-state index is -1.46. The van der Waals surface area contributed by atoms with Gasteiger partial charge in [0.25, 0.3) is 0 Å². The zero-order valence-corrected chi connectivity index (χ0v) is 15.6. The van der Waals surface area contributed by atoms with Crippen LogP contribution in [-0.4, -0.2) is 34.8 Å². The number of ether oxygens (including phenoxy) is 2. The first-order valence-electron chi connectivity index (χ1n) is 7.17. The molecule has 0 aromatic heterocycles. The molecule has 22 heavy (non-hydrogen) atoms. The van der Waals surface area contributed by atoms with E-state index < -0.39 is 21.1 Å². The molecule has 0 amide bonds. The van der Waals surface area contributed by atoms with Crippen molar-refractivity contribution in [1.82, 2.24) is 0 Å². The lowest BCUT2D eigenvalue weighted by Gasteiger charge is -2.25. The molecule has 1 aliphatic rings. The molecule has 0 heterocycles. The highest BCUT2D eigenvalue weighted by molar-refractivity contribution is 6.67. The van der Waals surface area contributed by atoms with Crippen LogP contribution >= 0.6 is 46.4 Å². The van der Waals surface area contributed by atoms with Crippen molar-refractivity contribution in [2.24, 2.45) is 17.3 Å². The fourth-order valence-corrected chi connectivity index (χ4v) is 3.94. The van der Waals surface area contributed by atoms with Crippen molar-refractivity contribution >= 4 is 58.3 Å². The van der Waals surface area contributed by atoms with Crippen LogP contribution in [0.1, 0.15) is 33.1 Å². The Morgan fingerprint density at radius 1 is 1.05 bits per heavy atom. The van der Waals surface area contributed by atoms with Crippen molar-refractivity contribution in [3.05, 3.63) is 0 Å². The standard InChI is InChI=1S/C14H20Cl4O4/c1-3-21-11(19)13(12(20)22-4-2)5-9(7-14(16,17)18)10(6-13)8-15/h9-10H,3-8H2,1-2H3/t9-,10-/m1/s1. The summed E-state index contributed by atoms with van der Waals surface area (Å²) in [5.41, 5.74) is -1.36. The fourth-order valence-electron chi connectivity index (χ4n) is 2.98.